The van der Waals surface area contributed by atoms with Crippen molar-refractivity contribution in [1.82, 2.24) is 4.98 Å². The zero-order valence-electron chi connectivity index (χ0n) is 8.37. The number of halogens is 1. The minimum atomic E-state index is -0.207. The van der Waals surface area contributed by atoms with E-state index in [-0.39, 0.29) is 5.97 Å². The Bertz CT molecular complexity index is 595. The van der Waals surface area contributed by atoms with Gasteiger partial charge in [-0.1, -0.05) is 17.7 Å². The first-order chi connectivity index (χ1) is 7.74. The van der Waals surface area contributed by atoms with Crippen LogP contribution in [0.1, 0.15) is 12.1 Å². The Hall–Kier alpha value is -1.61. The molecule has 0 N–H and O–H groups in total. The van der Waals surface area contributed by atoms with Crippen molar-refractivity contribution in [3.8, 4) is 5.75 Å². The highest BCUT2D eigenvalue weighted by Crippen LogP contribution is 2.33. The lowest BCUT2D eigenvalue weighted by atomic mass is 10.1. The van der Waals surface area contributed by atoms with Crippen LogP contribution < -0.4 is 4.74 Å². The average Bonchev–Trinajstić information content (AvgIpc) is 2.29. The molecule has 0 aliphatic carbocycles. The van der Waals surface area contributed by atoms with Crippen molar-refractivity contribution < 1.29 is 9.53 Å². The van der Waals surface area contributed by atoms with Crippen LogP contribution in [0, 0.1) is 0 Å². The molecule has 1 aromatic heterocycles. The maximum absolute atomic E-state index is 11.3. The SMILES string of the molecule is O=C1CCc2ncc3ccc(Cl)cc3c2O1. The van der Waals surface area contributed by atoms with E-state index in [2.05, 4.69) is 4.98 Å². The molecule has 0 atom stereocenters. The summed E-state index contributed by atoms with van der Waals surface area (Å²) in [5.41, 5.74) is 0.828. The Morgan fingerprint density at radius 3 is 3.06 bits per heavy atom. The molecule has 0 unspecified atom stereocenters. The number of hydrogen-bond acceptors (Lipinski definition) is 3. The van der Waals surface area contributed by atoms with Crippen LogP contribution in [0.25, 0.3) is 10.8 Å². The van der Waals surface area contributed by atoms with Gasteiger partial charge in [0.15, 0.2) is 5.75 Å². The van der Waals surface area contributed by atoms with Crippen LogP contribution in [-0.4, -0.2) is 11.0 Å². The summed E-state index contributed by atoms with van der Waals surface area (Å²) in [5.74, 6) is 0.359. The lowest BCUT2D eigenvalue weighted by Gasteiger charge is -2.16. The Morgan fingerprint density at radius 1 is 1.31 bits per heavy atom. The third-order valence-electron chi connectivity index (χ3n) is 2.66. The molecule has 4 heteroatoms. The zero-order chi connectivity index (χ0) is 11.1. The van der Waals surface area contributed by atoms with Gasteiger partial charge in [0.1, 0.15) is 0 Å². The van der Waals surface area contributed by atoms with E-state index >= 15 is 0 Å². The molecule has 3 nitrogen and oxygen atoms in total. The lowest BCUT2D eigenvalue weighted by molar-refractivity contribution is -0.135. The van der Waals surface area contributed by atoms with Crippen molar-refractivity contribution >= 4 is 28.3 Å². The molecule has 0 saturated heterocycles. The van der Waals surface area contributed by atoms with Gasteiger partial charge in [-0.3, -0.25) is 9.78 Å². The molecule has 0 bridgehead atoms. The number of carbonyl (C=O) groups excluding carboxylic acids is 1. The number of pyridine rings is 1. The average molecular weight is 234 g/mol. The van der Waals surface area contributed by atoms with Gasteiger partial charge in [0, 0.05) is 28.4 Å². The van der Waals surface area contributed by atoms with Crippen molar-refractivity contribution in [3.63, 3.8) is 0 Å². The highest BCUT2D eigenvalue weighted by molar-refractivity contribution is 6.31. The van der Waals surface area contributed by atoms with Gasteiger partial charge in [-0.2, -0.15) is 0 Å². The molecule has 2 heterocycles. The van der Waals surface area contributed by atoms with Crippen LogP contribution in [0.4, 0.5) is 0 Å². The molecule has 3 rings (SSSR count). The first-order valence-electron chi connectivity index (χ1n) is 5.02. The largest absolute Gasteiger partial charge is 0.424 e. The van der Waals surface area contributed by atoms with Crippen molar-refractivity contribution in [2.45, 2.75) is 12.8 Å². The fourth-order valence-electron chi connectivity index (χ4n) is 1.88. The first-order valence-corrected chi connectivity index (χ1v) is 5.39. The number of carbonyl (C=O) groups is 1. The number of nitrogens with zero attached hydrogens (tertiary/aromatic N) is 1. The second kappa shape index (κ2) is 3.46. The van der Waals surface area contributed by atoms with Crippen molar-refractivity contribution in [3.05, 3.63) is 35.1 Å². The van der Waals surface area contributed by atoms with Crippen LogP contribution in [0.15, 0.2) is 24.4 Å². The zero-order valence-corrected chi connectivity index (χ0v) is 9.12. The number of hydrogen-bond donors (Lipinski definition) is 0. The molecule has 0 radical (unpaired) electrons. The van der Waals surface area contributed by atoms with Gasteiger partial charge >= 0.3 is 5.97 Å². The van der Waals surface area contributed by atoms with Crippen LogP contribution in [0.3, 0.4) is 0 Å². The summed E-state index contributed by atoms with van der Waals surface area (Å²) in [6, 6.07) is 5.46. The van der Waals surface area contributed by atoms with Crippen LogP contribution >= 0.6 is 11.6 Å². The molecule has 0 saturated carbocycles. The van der Waals surface area contributed by atoms with E-state index in [1.54, 1.807) is 18.3 Å². The fourth-order valence-corrected chi connectivity index (χ4v) is 2.05. The molecule has 2 aromatic rings. The first kappa shape index (κ1) is 9.60. The summed E-state index contributed by atoms with van der Waals surface area (Å²) >= 11 is 5.94. The van der Waals surface area contributed by atoms with E-state index in [1.807, 2.05) is 6.07 Å². The Balaban J connectivity index is 2.32. The van der Waals surface area contributed by atoms with Crippen LogP contribution in [-0.2, 0) is 11.2 Å². The second-order valence-electron chi connectivity index (χ2n) is 3.74. The quantitative estimate of drug-likeness (QED) is 0.657. The molecular formula is C12H8ClNO2. The highest BCUT2D eigenvalue weighted by Gasteiger charge is 2.20. The normalized spacial score (nSPS) is 14.7. The Morgan fingerprint density at radius 2 is 2.19 bits per heavy atom. The molecule has 1 aliphatic heterocycles. The second-order valence-corrected chi connectivity index (χ2v) is 4.18. The predicted molar refractivity (Wildman–Crippen MR) is 60.7 cm³/mol. The van der Waals surface area contributed by atoms with E-state index in [0.717, 1.165) is 16.5 Å². The van der Waals surface area contributed by atoms with E-state index < -0.39 is 0 Å². The molecule has 80 valence electrons. The summed E-state index contributed by atoms with van der Waals surface area (Å²) in [6.07, 6.45) is 2.81. The Labute approximate surface area is 97.0 Å². The molecular weight excluding hydrogens is 226 g/mol. The summed E-state index contributed by atoms with van der Waals surface area (Å²) in [5, 5.41) is 2.41. The molecule has 1 aliphatic rings. The number of rotatable bonds is 0. The van der Waals surface area contributed by atoms with E-state index in [4.69, 9.17) is 16.3 Å². The molecule has 0 fully saturated rings. The number of ether oxygens (including phenoxy) is 1. The minimum Gasteiger partial charge on any atom is -0.424 e. The van der Waals surface area contributed by atoms with Crippen molar-refractivity contribution in [2.75, 3.05) is 0 Å². The highest BCUT2D eigenvalue weighted by atomic mass is 35.5. The fraction of sp³-hybridized carbons (Fsp3) is 0.167. The maximum Gasteiger partial charge on any atom is 0.311 e. The monoisotopic (exact) mass is 233 g/mol. The van der Waals surface area contributed by atoms with E-state index in [1.165, 1.54) is 0 Å². The molecule has 0 amide bonds. The number of aryl methyl sites for hydroxylation is 1. The number of fused-ring (bicyclic) bond motifs is 3. The summed E-state index contributed by atoms with van der Waals surface area (Å²) < 4.78 is 5.24. The smallest absolute Gasteiger partial charge is 0.311 e. The molecule has 1 aromatic carbocycles. The predicted octanol–water partition coefficient (Wildman–Crippen LogP) is 2.74. The maximum atomic E-state index is 11.3. The minimum absolute atomic E-state index is 0.207. The van der Waals surface area contributed by atoms with Gasteiger partial charge in [-0.15, -0.1) is 0 Å². The van der Waals surface area contributed by atoms with Crippen LogP contribution in [0.5, 0.6) is 5.75 Å². The summed E-state index contributed by atoms with van der Waals surface area (Å²) in [4.78, 5) is 15.6. The Kier molecular flexibility index (Phi) is 2.07. The summed E-state index contributed by atoms with van der Waals surface area (Å²) in [7, 11) is 0. The van der Waals surface area contributed by atoms with Gasteiger partial charge in [0.05, 0.1) is 12.1 Å². The standard InChI is InChI=1S/C12H8ClNO2/c13-8-2-1-7-6-14-10-3-4-11(15)16-12(10)9(7)5-8/h1-2,5-6H,3-4H2. The van der Waals surface area contributed by atoms with Gasteiger partial charge < -0.3 is 4.74 Å². The summed E-state index contributed by atoms with van der Waals surface area (Å²) in [6.45, 7) is 0. The van der Waals surface area contributed by atoms with Gasteiger partial charge in [0.2, 0.25) is 0 Å². The lowest BCUT2D eigenvalue weighted by Crippen LogP contribution is -2.17. The number of benzene rings is 1. The number of aromatic nitrogens is 1. The van der Waals surface area contributed by atoms with Gasteiger partial charge in [-0.05, 0) is 12.1 Å². The van der Waals surface area contributed by atoms with Crippen LogP contribution in [0.2, 0.25) is 5.02 Å². The van der Waals surface area contributed by atoms with Gasteiger partial charge in [-0.25, -0.2) is 0 Å². The number of esters is 1. The topological polar surface area (TPSA) is 39.2 Å². The van der Waals surface area contributed by atoms with Gasteiger partial charge in [0.25, 0.3) is 0 Å². The third kappa shape index (κ3) is 1.44. The molecule has 16 heavy (non-hydrogen) atoms. The van der Waals surface area contributed by atoms with Crippen molar-refractivity contribution in [1.29, 1.82) is 0 Å². The van der Waals surface area contributed by atoms with E-state index in [9.17, 15) is 4.79 Å². The molecule has 0 spiro atoms. The van der Waals surface area contributed by atoms with E-state index in [0.29, 0.717) is 23.6 Å². The third-order valence-corrected chi connectivity index (χ3v) is 2.90. The van der Waals surface area contributed by atoms with Crippen molar-refractivity contribution in [2.24, 2.45) is 0 Å².